The first-order valence-electron chi connectivity index (χ1n) is 8.83. The van der Waals surface area contributed by atoms with Crippen LogP contribution in [0.25, 0.3) is 16.7 Å². The van der Waals surface area contributed by atoms with Gasteiger partial charge in [0.25, 0.3) is 0 Å². The van der Waals surface area contributed by atoms with Crippen molar-refractivity contribution in [2.75, 3.05) is 5.73 Å². The van der Waals surface area contributed by atoms with Crippen LogP contribution in [0.2, 0.25) is 0 Å². The average Bonchev–Trinajstić information content (AvgIpc) is 3.01. The number of pyridine rings is 1. The fraction of sp³-hybridized carbons (Fsp3) is 0.143. The van der Waals surface area contributed by atoms with Gasteiger partial charge in [-0.2, -0.15) is 0 Å². The molecule has 7 nitrogen and oxygen atoms in total. The molecule has 7 heteroatoms. The van der Waals surface area contributed by atoms with Crippen LogP contribution in [0.4, 0.5) is 5.82 Å². The maximum Gasteiger partial charge on any atom is 0.340 e. The second kappa shape index (κ2) is 7.11. The van der Waals surface area contributed by atoms with Crippen molar-refractivity contribution in [2.24, 2.45) is 0 Å². The molecule has 0 amide bonds. The zero-order valence-electron chi connectivity index (χ0n) is 15.6. The Balaban J connectivity index is 1.57. The third kappa shape index (κ3) is 3.18. The average molecular weight is 373 g/mol. The largest absolute Gasteiger partial charge is 0.454 e. The normalized spacial score (nSPS) is 10.9. The van der Waals surface area contributed by atoms with E-state index >= 15 is 0 Å². The summed E-state index contributed by atoms with van der Waals surface area (Å²) in [6.07, 6.45) is 1.72. The molecule has 0 aliphatic heterocycles. The first kappa shape index (κ1) is 17.7. The molecule has 140 valence electrons. The molecule has 28 heavy (non-hydrogen) atoms. The van der Waals surface area contributed by atoms with E-state index in [1.54, 1.807) is 12.3 Å². The summed E-state index contributed by atoms with van der Waals surface area (Å²) in [4.78, 5) is 25.6. The lowest BCUT2D eigenvalue weighted by molar-refractivity contribution is 0.0462. The molecule has 0 fully saturated rings. The van der Waals surface area contributed by atoms with Gasteiger partial charge in [-0.05, 0) is 44.2 Å². The number of esters is 1. The highest BCUT2D eigenvalue weighted by Gasteiger charge is 2.19. The fourth-order valence-electron chi connectivity index (χ4n) is 3.23. The lowest BCUT2D eigenvalue weighted by atomic mass is 10.2. The highest BCUT2D eigenvalue weighted by Crippen LogP contribution is 2.21. The summed E-state index contributed by atoms with van der Waals surface area (Å²) in [5.74, 6) is 1.04. The Bertz CT molecular complexity index is 1170. The maximum absolute atomic E-state index is 12.6. The van der Waals surface area contributed by atoms with Gasteiger partial charge >= 0.3 is 5.97 Å². The molecule has 0 saturated heterocycles. The molecule has 0 bridgehead atoms. The third-order valence-electron chi connectivity index (χ3n) is 4.54. The molecule has 0 spiro atoms. The van der Waals surface area contributed by atoms with E-state index in [2.05, 4.69) is 15.0 Å². The van der Waals surface area contributed by atoms with Gasteiger partial charge in [0.2, 0.25) is 0 Å². The van der Waals surface area contributed by atoms with Gasteiger partial charge in [0, 0.05) is 23.0 Å². The molecular formula is C21H19N5O2. The zero-order chi connectivity index (χ0) is 19.7. The van der Waals surface area contributed by atoms with Gasteiger partial charge < -0.3 is 15.0 Å². The number of carbonyl (C=O) groups is 1. The topological polar surface area (TPSA) is 95.9 Å². The Hall–Kier alpha value is -3.74. The van der Waals surface area contributed by atoms with E-state index in [9.17, 15) is 4.79 Å². The molecule has 0 radical (unpaired) electrons. The number of benzene rings is 1. The number of para-hydroxylation sites is 1. The number of ether oxygens (including phenoxy) is 1. The number of carbonyl (C=O) groups excluding carboxylic acids is 1. The smallest absolute Gasteiger partial charge is 0.340 e. The molecule has 4 rings (SSSR count). The highest BCUT2D eigenvalue weighted by atomic mass is 16.5. The number of anilines is 1. The van der Waals surface area contributed by atoms with Crippen LogP contribution in [-0.4, -0.2) is 25.5 Å². The molecule has 2 N–H and O–H groups in total. The Labute approximate surface area is 161 Å². The van der Waals surface area contributed by atoms with Crippen LogP contribution >= 0.6 is 0 Å². The number of nitrogens with zero attached hydrogens (tertiary/aromatic N) is 4. The first-order valence-corrected chi connectivity index (χ1v) is 8.83. The molecule has 0 atom stereocenters. The molecule has 0 saturated carbocycles. The third-order valence-corrected chi connectivity index (χ3v) is 4.54. The van der Waals surface area contributed by atoms with Crippen molar-refractivity contribution in [2.45, 2.75) is 20.5 Å². The summed E-state index contributed by atoms with van der Waals surface area (Å²) in [6, 6.07) is 14.9. The van der Waals surface area contributed by atoms with Crippen LogP contribution in [-0.2, 0) is 11.3 Å². The molecule has 0 unspecified atom stereocenters. The van der Waals surface area contributed by atoms with E-state index in [4.69, 9.17) is 10.5 Å². The molecular weight excluding hydrogens is 354 g/mol. The second-order valence-electron chi connectivity index (χ2n) is 6.43. The van der Waals surface area contributed by atoms with E-state index in [0.29, 0.717) is 17.2 Å². The van der Waals surface area contributed by atoms with Crippen molar-refractivity contribution < 1.29 is 9.53 Å². The quantitative estimate of drug-likeness (QED) is 0.551. The molecule has 3 aromatic heterocycles. The minimum Gasteiger partial charge on any atom is -0.454 e. The lowest BCUT2D eigenvalue weighted by Gasteiger charge is -2.09. The van der Waals surface area contributed by atoms with Crippen LogP contribution in [0.5, 0.6) is 0 Å². The van der Waals surface area contributed by atoms with Crippen molar-refractivity contribution in [3.8, 4) is 5.82 Å². The molecule has 0 aliphatic carbocycles. The number of fused-ring (bicyclic) bond motifs is 1. The predicted octanol–water partition coefficient (Wildman–Crippen LogP) is 3.37. The number of nitrogen functional groups attached to an aromatic ring is 1. The van der Waals surface area contributed by atoms with Gasteiger partial charge in [0.05, 0.1) is 11.1 Å². The van der Waals surface area contributed by atoms with Crippen LogP contribution in [0.3, 0.4) is 0 Å². The summed E-state index contributed by atoms with van der Waals surface area (Å²) < 4.78 is 7.37. The monoisotopic (exact) mass is 373 g/mol. The SMILES string of the molecule is Cc1cc(C(=O)OCc2nc(N)c3ccccc3n2)c(C)n1-c1ccccn1. The zero-order valence-corrected chi connectivity index (χ0v) is 15.6. The van der Waals surface area contributed by atoms with Crippen molar-refractivity contribution in [3.63, 3.8) is 0 Å². The number of hydrogen-bond acceptors (Lipinski definition) is 6. The number of aryl methyl sites for hydroxylation is 1. The van der Waals surface area contributed by atoms with Crippen LogP contribution in [0.1, 0.15) is 27.6 Å². The van der Waals surface area contributed by atoms with Crippen molar-refractivity contribution in [1.82, 2.24) is 19.5 Å². The van der Waals surface area contributed by atoms with Crippen molar-refractivity contribution in [1.29, 1.82) is 0 Å². The van der Waals surface area contributed by atoms with Crippen LogP contribution in [0.15, 0.2) is 54.7 Å². The summed E-state index contributed by atoms with van der Waals surface area (Å²) in [7, 11) is 0. The molecule has 3 heterocycles. The van der Waals surface area contributed by atoms with Crippen molar-refractivity contribution in [3.05, 3.63) is 77.5 Å². The molecule has 0 aliphatic rings. The predicted molar refractivity (Wildman–Crippen MR) is 106 cm³/mol. The van der Waals surface area contributed by atoms with Gasteiger partial charge in [0.1, 0.15) is 11.6 Å². The summed E-state index contributed by atoms with van der Waals surface area (Å²) >= 11 is 0. The Kier molecular flexibility index (Phi) is 4.49. The van der Waals surface area contributed by atoms with E-state index in [0.717, 1.165) is 28.1 Å². The summed E-state index contributed by atoms with van der Waals surface area (Å²) in [6.45, 7) is 3.73. The van der Waals surface area contributed by atoms with E-state index in [-0.39, 0.29) is 6.61 Å². The van der Waals surface area contributed by atoms with E-state index < -0.39 is 5.97 Å². The number of aromatic nitrogens is 4. The fourth-order valence-corrected chi connectivity index (χ4v) is 3.23. The molecule has 1 aromatic carbocycles. The Morgan fingerprint density at radius 2 is 1.89 bits per heavy atom. The highest BCUT2D eigenvalue weighted by molar-refractivity contribution is 5.91. The summed E-state index contributed by atoms with van der Waals surface area (Å²) in [5, 5.41) is 0.775. The molecule has 4 aromatic rings. The number of rotatable bonds is 4. The van der Waals surface area contributed by atoms with Gasteiger partial charge in [-0.3, -0.25) is 0 Å². The maximum atomic E-state index is 12.6. The van der Waals surface area contributed by atoms with E-state index in [1.807, 2.05) is 60.9 Å². The second-order valence-corrected chi connectivity index (χ2v) is 6.43. The van der Waals surface area contributed by atoms with Gasteiger partial charge in [-0.1, -0.05) is 18.2 Å². The standard InChI is InChI=1S/C21H19N5O2/c1-13-11-16(14(2)26(13)19-9-5-6-10-23-19)21(27)28-12-18-24-17-8-4-3-7-15(17)20(22)25-18/h3-11H,12H2,1-2H3,(H2,22,24,25). The first-order chi connectivity index (χ1) is 13.5. The van der Waals surface area contributed by atoms with Gasteiger partial charge in [-0.25, -0.2) is 19.7 Å². The summed E-state index contributed by atoms with van der Waals surface area (Å²) in [5.41, 5.74) is 8.85. The Morgan fingerprint density at radius 3 is 2.68 bits per heavy atom. The van der Waals surface area contributed by atoms with E-state index in [1.165, 1.54) is 0 Å². The minimum absolute atomic E-state index is 0.0544. The van der Waals surface area contributed by atoms with Crippen molar-refractivity contribution >= 4 is 22.7 Å². The van der Waals surface area contributed by atoms with Crippen LogP contribution < -0.4 is 5.73 Å². The van der Waals surface area contributed by atoms with Crippen LogP contribution in [0, 0.1) is 13.8 Å². The minimum atomic E-state index is -0.439. The van der Waals surface area contributed by atoms with Gasteiger partial charge in [0.15, 0.2) is 12.4 Å². The lowest BCUT2D eigenvalue weighted by Crippen LogP contribution is -2.10. The van der Waals surface area contributed by atoms with Gasteiger partial charge in [-0.15, -0.1) is 0 Å². The Morgan fingerprint density at radius 1 is 1.11 bits per heavy atom. The number of nitrogens with two attached hydrogens (primary N) is 1. The number of hydrogen-bond donors (Lipinski definition) is 1.